The Balaban J connectivity index is 1.77. The van der Waals surface area contributed by atoms with Crippen molar-refractivity contribution in [1.29, 1.82) is 0 Å². The number of carbonyl (C=O) groups excluding carboxylic acids is 1. The smallest absolute Gasteiger partial charge is 0.335 e. The molecule has 0 aromatic heterocycles. The fourth-order valence-corrected chi connectivity index (χ4v) is 2.59. The molecule has 0 saturated carbocycles. The van der Waals surface area contributed by atoms with Crippen LogP contribution in [0.1, 0.15) is 27.6 Å². The van der Waals surface area contributed by atoms with Gasteiger partial charge < -0.3 is 10.0 Å². The standard InChI is InChI=1S/C17H16N2O3/c1-11-6-7-19-10-14(9-18-15(19)8-11)16(20)12-2-4-13(5-3-12)17(21)22/h2-8,14H,9-10H2,1H3,(H,21,22). The van der Waals surface area contributed by atoms with Gasteiger partial charge in [-0.15, -0.1) is 0 Å². The van der Waals surface area contributed by atoms with Gasteiger partial charge in [0.25, 0.3) is 0 Å². The summed E-state index contributed by atoms with van der Waals surface area (Å²) in [5.74, 6) is -0.313. The van der Waals surface area contributed by atoms with E-state index in [0.29, 0.717) is 18.7 Å². The Labute approximate surface area is 128 Å². The number of fused-ring (bicyclic) bond motifs is 1. The number of benzene rings is 1. The lowest BCUT2D eigenvalue weighted by Crippen LogP contribution is -2.40. The number of aromatic carboxylic acids is 1. The maximum Gasteiger partial charge on any atom is 0.335 e. The van der Waals surface area contributed by atoms with Crippen molar-refractivity contribution in [2.45, 2.75) is 6.92 Å². The Morgan fingerprint density at radius 3 is 2.59 bits per heavy atom. The molecular weight excluding hydrogens is 280 g/mol. The summed E-state index contributed by atoms with van der Waals surface area (Å²) in [7, 11) is 0. The molecule has 5 heteroatoms. The summed E-state index contributed by atoms with van der Waals surface area (Å²) in [6.07, 6.45) is 5.94. The van der Waals surface area contributed by atoms with Crippen LogP contribution in [0.15, 0.2) is 53.2 Å². The van der Waals surface area contributed by atoms with Gasteiger partial charge in [0.05, 0.1) is 18.0 Å². The lowest BCUT2D eigenvalue weighted by Gasteiger charge is -2.31. The van der Waals surface area contributed by atoms with Gasteiger partial charge in [0.15, 0.2) is 5.78 Å². The summed E-state index contributed by atoms with van der Waals surface area (Å²) in [5, 5.41) is 8.89. The molecule has 1 atom stereocenters. The molecule has 1 unspecified atom stereocenters. The Morgan fingerprint density at radius 1 is 1.23 bits per heavy atom. The van der Waals surface area contributed by atoms with E-state index in [1.165, 1.54) is 12.1 Å². The highest BCUT2D eigenvalue weighted by Gasteiger charge is 2.27. The van der Waals surface area contributed by atoms with Gasteiger partial charge in [0, 0.05) is 18.3 Å². The number of hydrogen-bond donors (Lipinski definition) is 1. The zero-order valence-electron chi connectivity index (χ0n) is 12.2. The van der Waals surface area contributed by atoms with Crippen LogP contribution in [0, 0.1) is 5.92 Å². The molecule has 0 radical (unpaired) electrons. The summed E-state index contributed by atoms with van der Waals surface area (Å²) in [5.41, 5.74) is 1.85. The minimum Gasteiger partial charge on any atom is -0.478 e. The molecule has 0 spiro atoms. The molecule has 112 valence electrons. The molecule has 2 aliphatic heterocycles. The zero-order valence-corrected chi connectivity index (χ0v) is 12.2. The third-order valence-corrected chi connectivity index (χ3v) is 3.85. The van der Waals surface area contributed by atoms with Crippen LogP contribution in [0.2, 0.25) is 0 Å². The van der Waals surface area contributed by atoms with Gasteiger partial charge in [0.1, 0.15) is 5.84 Å². The van der Waals surface area contributed by atoms with Gasteiger partial charge in [-0.3, -0.25) is 9.79 Å². The molecule has 1 aromatic rings. The number of amidine groups is 1. The Hall–Kier alpha value is -2.69. The number of allylic oxidation sites excluding steroid dienone is 2. The lowest BCUT2D eigenvalue weighted by molar-refractivity contribution is 0.0696. The lowest BCUT2D eigenvalue weighted by atomic mass is 9.94. The number of carbonyl (C=O) groups is 2. The Kier molecular flexibility index (Phi) is 3.63. The molecule has 0 aliphatic carbocycles. The molecule has 0 amide bonds. The van der Waals surface area contributed by atoms with E-state index in [9.17, 15) is 9.59 Å². The van der Waals surface area contributed by atoms with Crippen LogP contribution in [0.3, 0.4) is 0 Å². The van der Waals surface area contributed by atoms with Crippen LogP contribution in [0.25, 0.3) is 0 Å². The van der Waals surface area contributed by atoms with Crippen molar-refractivity contribution in [1.82, 2.24) is 4.90 Å². The van der Waals surface area contributed by atoms with Gasteiger partial charge >= 0.3 is 5.97 Å². The predicted molar refractivity (Wildman–Crippen MR) is 83.1 cm³/mol. The van der Waals surface area contributed by atoms with Crippen LogP contribution in [0.4, 0.5) is 0 Å². The van der Waals surface area contributed by atoms with Gasteiger partial charge in [-0.1, -0.05) is 12.1 Å². The van der Waals surface area contributed by atoms with Crippen molar-refractivity contribution in [3.8, 4) is 0 Å². The minimum absolute atomic E-state index is 0.000543. The van der Waals surface area contributed by atoms with Crippen molar-refractivity contribution in [2.24, 2.45) is 10.9 Å². The largest absolute Gasteiger partial charge is 0.478 e. The van der Waals surface area contributed by atoms with E-state index in [1.807, 2.05) is 30.2 Å². The Morgan fingerprint density at radius 2 is 1.91 bits per heavy atom. The molecule has 1 aromatic carbocycles. The summed E-state index contributed by atoms with van der Waals surface area (Å²) in [4.78, 5) is 29.8. The van der Waals surface area contributed by atoms with Crippen LogP contribution >= 0.6 is 0 Å². The molecule has 3 rings (SSSR count). The average Bonchev–Trinajstić information content (AvgIpc) is 2.53. The van der Waals surface area contributed by atoms with Crippen LogP contribution in [-0.2, 0) is 0 Å². The third kappa shape index (κ3) is 2.70. The highest BCUT2D eigenvalue weighted by Crippen LogP contribution is 2.20. The first-order valence-electron chi connectivity index (χ1n) is 7.10. The molecule has 5 nitrogen and oxygen atoms in total. The average molecular weight is 296 g/mol. The predicted octanol–water partition coefficient (Wildman–Crippen LogP) is 2.37. The first-order chi connectivity index (χ1) is 10.5. The van der Waals surface area contributed by atoms with Crippen molar-refractivity contribution in [2.75, 3.05) is 13.1 Å². The normalized spacial score (nSPS) is 20.0. The summed E-state index contributed by atoms with van der Waals surface area (Å²) in [6.45, 7) is 3.07. The molecule has 0 saturated heterocycles. The Bertz CT molecular complexity index is 714. The molecule has 0 bridgehead atoms. The van der Waals surface area contributed by atoms with Crippen molar-refractivity contribution in [3.05, 3.63) is 59.3 Å². The molecule has 2 heterocycles. The number of Topliss-reactive ketones (excluding diaryl/α,β-unsaturated/α-hetero) is 1. The molecule has 22 heavy (non-hydrogen) atoms. The SMILES string of the molecule is CC1=CC2=NCC(C(=O)c3ccc(C(=O)O)cc3)CN2C=C1. The van der Waals surface area contributed by atoms with Gasteiger partial charge in [0.2, 0.25) is 0 Å². The zero-order chi connectivity index (χ0) is 15.7. The first kappa shape index (κ1) is 14.3. The van der Waals surface area contributed by atoms with Crippen LogP contribution in [0.5, 0.6) is 0 Å². The topological polar surface area (TPSA) is 70.0 Å². The number of rotatable bonds is 3. The van der Waals surface area contributed by atoms with Crippen molar-refractivity contribution in [3.63, 3.8) is 0 Å². The van der Waals surface area contributed by atoms with E-state index in [1.54, 1.807) is 12.1 Å². The number of ketones is 1. The maximum atomic E-state index is 12.5. The second-order valence-electron chi connectivity index (χ2n) is 5.50. The number of nitrogens with zero attached hydrogens (tertiary/aromatic N) is 2. The molecule has 1 N–H and O–H groups in total. The number of hydrogen-bond acceptors (Lipinski definition) is 4. The van der Waals surface area contributed by atoms with E-state index in [-0.39, 0.29) is 17.3 Å². The molecular formula is C17H16N2O3. The van der Waals surface area contributed by atoms with Gasteiger partial charge in [-0.2, -0.15) is 0 Å². The van der Waals surface area contributed by atoms with E-state index in [4.69, 9.17) is 5.11 Å². The fourth-order valence-electron chi connectivity index (χ4n) is 2.59. The molecule has 2 aliphatic rings. The molecule has 0 fully saturated rings. The maximum absolute atomic E-state index is 12.5. The van der Waals surface area contributed by atoms with E-state index in [0.717, 1.165) is 11.4 Å². The quantitative estimate of drug-likeness (QED) is 0.869. The third-order valence-electron chi connectivity index (χ3n) is 3.85. The highest BCUT2D eigenvalue weighted by molar-refractivity contribution is 6.01. The fraction of sp³-hybridized carbons (Fsp3) is 0.235. The second kappa shape index (κ2) is 5.60. The van der Waals surface area contributed by atoms with Crippen molar-refractivity contribution >= 4 is 17.6 Å². The number of aliphatic imine (C=N–C) groups is 1. The van der Waals surface area contributed by atoms with Crippen molar-refractivity contribution < 1.29 is 14.7 Å². The summed E-state index contributed by atoms with van der Waals surface area (Å²) < 4.78 is 0. The summed E-state index contributed by atoms with van der Waals surface area (Å²) in [6, 6.07) is 6.06. The van der Waals surface area contributed by atoms with Gasteiger partial charge in [-0.25, -0.2) is 4.79 Å². The van der Waals surface area contributed by atoms with E-state index >= 15 is 0 Å². The number of carboxylic acid groups (broad SMARTS) is 1. The monoisotopic (exact) mass is 296 g/mol. The second-order valence-corrected chi connectivity index (χ2v) is 5.50. The summed E-state index contributed by atoms with van der Waals surface area (Å²) >= 11 is 0. The van der Waals surface area contributed by atoms with E-state index in [2.05, 4.69) is 4.99 Å². The first-order valence-corrected chi connectivity index (χ1v) is 7.10. The van der Waals surface area contributed by atoms with E-state index < -0.39 is 5.97 Å². The van der Waals surface area contributed by atoms with Crippen LogP contribution in [-0.4, -0.2) is 40.7 Å². The number of carboxylic acids is 1. The van der Waals surface area contributed by atoms with Crippen LogP contribution < -0.4 is 0 Å². The minimum atomic E-state index is -0.994. The highest BCUT2D eigenvalue weighted by atomic mass is 16.4. The van der Waals surface area contributed by atoms with Gasteiger partial charge in [-0.05, 0) is 36.8 Å².